The number of amides is 1. The molecule has 0 radical (unpaired) electrons. The molecule has 0 aliphatic carbocycles. The molecule has 6 nitrogen and oxygen atoms in total. The molecule has 1 aromatic heterocycles. The van der Waals surface area contributed by atoms with Crippen molar-refractivity contribution in [1.29, 1.82) is 0 Å². The van der Waals surface area contributed by atoms with Crippen LogP contribution >= 0.6 is 23.4 Å². The van der Waals surface area contributed by atoms with Crippen molar-refractivity contribution in [2.45, 2.75) is 18.6 Å². The Balaban J connectivity index is 2.19. The quantitative estimate of drug-likeness (QED) is 0.819. The highest BCUT2D eigenvalue weighted by Gasteiger charge is 2.33. The summed E-state index contributed by atoms with van der Waals surface area (Å²) in [6, 6.07) is 0. The molecule has 8 heteroatoms. The van der Waals surface area contributed by atoms with Crippen molar-refractivity contribution >= 4 is 45.9 Å². The van der Waals surface area contributed by atoms with Gasteiger partial charge in [0.1, 0.15) is 5.69 Å². The van der Waals surface area contributed by atoms with E-state index in [9.17, 15) is 9.59 Å². The van der Waals surface area contributed by atoms with E-state index in [0.717, 1.165) is 11.8 Å². The Morgan fingerprint density at radius 1 is 1.67 bits per heavy atom. The second-order valence-corrected chi connectivity index (χ2v) is 5.66. The van der Waals surface area contributed by atoms with E-state index in [1.165, 1.54) is 18.0 Å². The fourth-order valence-corrected chi connectivity index (χ4v) is 2.85. The highest BCUT2D eigenvalue weighted by Crippen LogP contribution is 2.31. The Bertz CT molecular complexity index is 511. The Morgan fingerprint density at radius 3 is 3.00 bits per heavy atom. The van der Waals surface area contributed by atoms with Gasteiger partial charge in [0.2, 0.25) is 11.2 Å². The van der Waals surface area contributed by atoms with Gasteiger partial charge in [-0.05, 0) is 11.6 Å². The number of rotatable bonds is 2. The third kappa shape index (κ3) is 2.73. The van der Waals surface area contributed by atoms with Gasteiger partial charge in [-0.25, -0.2) is 4.98 Å². The maximum absolute atomic E-state index is 11.9. The van der Waals surface area contributed by atoms with Gasteiger partial charge in [0, 0.05) is 25.1 Å². The molecule has 1 aliphatic rings. The highest BCUT2D eigenvalue weighted by atomic mass is 35.5. The number of nitrogens with two attached hydrogens (primary N) is 1. The second kappa shape index (κ2) is 5.11. The van der Waals surface area contributed by atoms with Gasteiger partial charge >= 0.3 is 0 Å². The molecule has 2 N–H and O–H groups in total. The van der Waals surface area contributed by atoms with E-state index >= 15 is 0 Å². The van der Waals surface area contributed by atoms with Crippen LogP contribution in [0.5, 0.6) is 0 Å². The molecule has 2 heterocycles. The number of carbonyl (C=O) groups is 2. The van der Waals surface area contributed by atoms with Crippen LogP contribution < -0.4 is 10.6 Å². The van der Waals surface area contributed by atoms with Crippen LogP contribution in [0.2, 0.25) is 5.28 Å². The summed E-state index contributed by atoms with van der Waals surface area (Å²) in [5.41, 5.74) is 6.15. The van der Waals surface area contributed by atoms with Gasteiger partial charge in [-0.1, -0.05) is 11.8 Å². The summed E-state index contributed by atoms with van der Waals surface area (Å²) in [6.07, 6.45) is 1.73. The minimum absolute atomic E-state index is 0.00465. The van der Waals surface area contributed by atoms with E-state index in [1.807, 2.05) is 0 Å². The molecule has 1 aliphatic heterocycles. The molecule has 1 amide bonds. The van der Waals surface area contributed by atoms with E-state index in [2.05, 4.69) is 9.97 Å². The summed E-state index contributed by atoms with van der Waals surface area (Å²) in [5, 5.41) is -0.0161. The monoisotopic (exact) mass is 286 g/mol. The van der Waals surface area contributed by atoms with Crippen molar-refractivity contribution in [2.24, 2.45) is 0 Å². The lowest BCUT2D eigenvalue weighted by molar-refractivity contribution is -0.117. The lowest BCUT2D eigenvalue weighted by atomic mass is 10.4. The highest BCUT2D eigenvalue weighted by molar-refractivity contribution is 8.14. The predicted octanol–water partition coefficient (Wildman–Crippen LogP) is 1.10. The maximum atomic E-state index is 11.9. The molecule has 0 saturated carbocycles. The third-order valence-corrected chi connectivity index (χ3v) is 3.64. The van der Waals surface area contributed by atoms with Crippen LogP contribution in [-0.4, -0.2) is 32.8 Å². The van der Waals surface area contributed by atoms with Crippen molar-refractivity contribution in [3.8, 4) is 0 Å². The average molecular weight is 287 g/mol. The fourth-order valence-electron chi connectivity index (χ4n) is 1.80. The van der Waals surface area contributed by atoms with E-state index < -0.39 is 0 Å². The van der Waals surface area contributed by atoms with Crippen molar-refractivity contribution in [3.63, 3.8) is 0 Å². The fraction of sp³-hybridized carbons (Fsp3) is 0.400. The molecule has 1 unspecified atom stereocenters. The molecule has 1 saturated heterocycles. The average Bonchev–Trinajstić information content (AvgIpc) is 2.58. The zero-order chi connectivity index (χ0) is 13.3. The minimum atomic E-state index is -0.0913. The van der Waals surface area contributed by atoms with Crippen LogP contribution in [-0.2, 0) is 9.59 Å². The summed E-state index contributed by atoms with van der Waals surface area (Å²) in [4.78, 5) is 32.0. The number of thioether (sulfide) groups is 1. The number of anilines is 2. The SMILES string of the molecule is CC(=O)SC1CC(=O)N(c2cnc(Cl)nc2N)C1. The first-order valence-electron chi connectivity index (χ1n) is 5.23. The van der Waals surface area contributed by atoms with Gasteiger partial charge in [-0.15, -0.1) is 0 Å². The van der Waals surface area contributed by atoms with Crippen molar-refractivity contribution in [2.75, 3.05) is 17.2 Å². The molecule has 0 spiro atoms. The number of carbonyl (C=O) groups excluding carboxylic acids is 2. The molecule has 96 valence electrons. The first-order valence-corrected chi connectivity index (χ1v) is 6.48. The standard InChI is InChI=1S/C10H11ClN4O2S/c1-5(16)18-6-2-8(17)15(4-6)7-3-13-10(11)14-9(7)12/h3,6H,2,4H2,1H3,(H2,12,13,14). The van der Waals surface area contributed by atoms with Gasteiger partial charge in [0.25, 0.3) is 0 Å². The van der Waals surface area contributed by atoms with Gasteiger partial charge in [0.05, 0.1) is 6.20 Å². The van der Waals surface area contributed by atoms with Gasteiger partial charge < -0.3 is 10.6 Å². The first-order chi connectivity index (χ1) is 8.47. The number of hydrogen-bond acceptors (Lipinski definition) is 6. The first kappa shape index (κ1) is 13.1. The number of nitrogens with zero attached hydrogens (tertiary/aromatic N) is 3. The third-order valence-electron chi connectivity index (χ3n) is 2.48. The van der Waals surface area contributed by atoms with Crippen LogP contribution in [0.15, 0.2) is 6.20 Å². The van der Waals surface area contributed by atoms with E-state index in [-0.39, 0.29) is 27.4 Å². The van der Waals surface area contributed by atoms with Crippen molar-refractivity contribution in [3.05, 3.63) is 11.5 Å². The Morgan fingerprint density at radius 2 is 2.39 bits per heavy atom. The molecule has 0 aromatic carbocycles. The molecule has 2 rings (SSSR count). The zero-order valence-corrected chi connectivity index (χ0v) is 11.2. The molecule has 0 bridgehead atoms. The topological polar surface area (TPSA) is 89.2 Å². The summed E-state index contributed by atoms with van der Waals surface area (Å²) < 4.78 is 0. The van der Waals surface area contributed by atoms with Gasteiger partial charge in [0.15, 0.2) is 10.9 Å². The Labute approximate surface area is 113 Å². The van der Waals surface area contributed by atoms with Crippen molar-refractivity contribution in [1.82, 2.24) is 9.97 Å². The number of hydrogen-bond donors (Lipinski definition) is 1. The lowest BCUT2D eigenvalue weighted by Crippen LogP contribution is -2.26. The van der Waals surface area contributed by atoms with Crippen LogP contribution in [0, 0.1) is 0 Å². The largest absolute Gasteiger partial charge is 0.382 e. The molecule has 18 heavy (non-hydrogen) atoms. The van der Waals surface area contributed by atoms with Crippen molar-refractivity contribution < 1.29 is 9.59 Å². The molecule has 1 fully saturated rings. The predicted molar refractivity (Wildman–Crippen MR) is 70.5 cm³/mol. The normalized spacial score (nSPS) is 19.3. The maximum Gasteiger partial charge on any atom is 0.228 e. The van der Waals surface area contributed by atoms with E-state index in [1.54, 1.807) is 0 Å². The van der Waals surface area contributed by atoms with E-state index in [0.29, 0.717) is 18.7 Å². The van der Waals surface area contributed by atoms with Gasteiger partial charge in [-0.3, -0.25) is 9.59 Å². The van der Waals surface area contributed by atoms with E-state index in [4.69, 9.17) is 17.3 Å². The summed E-state index contributed by atoms with van der Waals surface area (Å²) in [7, 11) is 0. The number of halogens is 1. The molecular weight excluding hydrogens is 276 g/mol. The van der Waals surface area contributed by atoms with Crippen LogP contribution in [0.25, 0.3) is 0 Å². The molecule has 1 atom stereocenters. The number of nitrogen functional groups attached to an aromatic ring is 1. The van der Waals surface area contributed by atoms with Crippen LogP contribution in [0.4, 0.5) is 11.5 Å². The Hall–Kier alpha value is -1.34. The van der Waals surface area contributed by atoms with Crippen LogP contribution in [0.1, 0.15) is 13.3 Å². The smallest absolute Gasteiger partial charge is 0.228 e. The summed E-state index contributed by atoms with van der Waals surface area (Å²) >= 11 is 6.77. The molecular formula is C10H11ClN4O2S. The summed E-state index contributed by atoms with van der Waals surface area (Å²) in [6.45, 7) is 1.91. The second-order valence-electron chi connectivity index (χ2n) is 3.85. The minimum Gasteiger partial charge on any atom is -0.382 e. The Kier molecular flexibility index (Phi) is 3.72. The lowest BCUT2D eigenvalue weighted by Gasteiger charge is -2.17. The summed E-state index contributed by atoms with van der Waals surface area (Å²) in [5.74, 6) is 0.0724. The van der Waals surface area contributed by atoms with Crippen LogP contribution in [0.3, 0.4) is 0 Å². The zero-order valence-electron chi connectivity index (χ0n) is 9.59. The van der Waals surface area contributed by atoms with Gasteiger partial charge in [-0.2, -0.15) is 4.98 Å². The molecule has 1 aromatic rings. The number of aromatic nitrogens is 2.